The highest BCUT2D eigenvalue weighted by molar-refractivity contribution is 7.86. The highest BCUT2D eigenvalue weighted by atomic mass is 35.5. The van der Waals surface area contributed by atoms with Gasteiger partial charge in [0.1, 0.15) is 11.5 Å². The Hall–Kier alpha value is -4.37. The number of nitrogen functional groups attached to an aromatic ring is 5. The zero-order valence-corrected chi connectivity index (χ0v) is 29.9. The molecule has 0 fully saturated rings. The van der Waals surface area contributed by atoms with Gasteiger partial charge in [0.25, 0.3) is 0 Å². The van der Waals surface area contributed by atoms with Crippen LogP contribution in [-0.2, 0) is 0 Å². The van der Waals surface area contributed by atoms with E-state index in [1.165, 1.54) is 17.8 Å². The molecule has 0 amide bonds. The Balaban J connectivity index is 0.000000296. The van der Waals surface area contributed by atoms with Crippen LogP contribution in [0.25, 0.3) is 0 Å². The molecular formula is C31H38Cl2N10O2S2. The van der Waals surface area contributed by atoms with E-state index in [2.05, 4.69) is 64.8 Å². The monoisotopic (exact) mass is 716 g/mol. The van der Waals surface area contributed by atoms with E-state index >= 15 is 0 Å². The second-order valence-electron chi connectivity index (χ2n) is 10.5. The van der Waals surface area contributed by atoms with Gasteiger partial charge in [0.2, 0.25) is 11.9 Å². The average molecular weight is 718 g/mol. The highest BCUT2D eigenvalue weighted by Crippen LogP contribution is 2.38. The molecule has 4 aromatic rings. The number of aromatic nitrogens is 4. The molecule has 0 spiro atoms. The number of ether oxygens (including phenoxy) is 2. The van der Waals surface area contributed by atoms with Gasteiger partial charge in [-0.2, -0.15) is 9.97 Å². The van der Waals surface area contributed by atoms with Crippen molar-refractivity contribution in [1.82, 2.24) is 19.9 Å². The van der Waals surface area contributed by atoms with Crippen molar-refractivity contribution in [3.8, 4) is 23.0 Å². The van der Waals surface area contributed by atoms with E-state index in [1.54, 1.807) is 12.3 Å². The molecule has 47 heavy (non-hydrogen) atoms. The maximum absolute atomic E-state index is 5.94. The summed E-state index contributed by atoms with van der Waals surface area (Å²) in [5.74, 6) is 3.20. The second kappa shape index (κ2) is 18.1. The molecule has 250 valence electrons. The summed E-state index contributed by atoms with van der Waals surface area (Å²) in [5, 5.41) is 1.46. The predicted octanol–water partition coefficient (Wildman–Crippen LogP) is 7.76. The molecule has 0 atom stereocenters. The number of anilines is 5. The van der Waals surface area contributed by atoms with Crippen molar-refractivity contribution in [2.75, 3.05) is 28.7 Å². The summed E-state index contributed by atoms with van der Waals surface area (Å²) in [4.78, 5) is 19.9. The van der Waals surface area contributed by atoms with Gasteiger partial charge in [0, 0.05) is 29.4 Å². The largest absolute Gasteiger partial charge is 0.451 e. The molecule has 2 aromatic heterocycles. The molecule has 0 saturated heterocycles. The number of nitrogens with zero attached hydrogens (tertiary/aromatic N) is 5. The smallest absolute Gasteiger partial charge is 0.222 e. The Morgan fingerprint density at radius 3 is 1.57 bits per heavy atom. The maximum atomic E-state index is 5.94. The summed E-state index contributed by atoms with van der Waals surface area (Å²) in [6, 6.07) is 7.71. The summed E-state index contributed by atoms with van der Waals surface area (Å²) in [6.45, 7) is 12.3. The second-order valence-corrected chi connectivity index (χ2v) is 12.6. The number of nitrogens with two attached hydrogens (primary N) is 5. The SMILES string of the molecule is Cc1cc(C(C)C)c(Oc2cnc(N)nc2N)cc1N.Cc1cc(C(C)C)c(Oc2cnc(N)nc2N)cc1N=CC=S.S=C(Cl)Cl. The first-order valence-corrected chi connectivity index (χ1v) is 15.7. The molecule has 0 saturated carbocycles. The standard InChI is InChI=1S/C16H19N5OS.C14H19N5O.CCl2S/c1-9(2)11-6-10(3)12(19-4-5-23)7-13(11)22-14-8-20-16(18)21-15(14)17;1-7(2)9-4-8(3)10(15)5-11(9)20-12-6-18-14(17)19-13(12)16;2-1(3)4/h4-9H,1-3H3,(H4,17,18,20,21);4-7H,15H2,1-3H3,(H4,16,17,18,19);. The lowest BCUT2D eigenvalue weighted by molar-refractivity contribution is 0.471. The molecule has 0 aliphatic rings. The number of aliphatic imine (C=N–C) groups is 1. The van der Waals surface area contributed by atoms with Gasteiger partial charge in [-0.1, -0.05) is 81.4 Å². The third-order valence-electron chi connectivity index (χ3n) is 6.29. The van der Waals surface area contributed by atoms with E-state index in [9.17, 15) is 0 Å². The van der Waals surface area contributed by atoms with E-state index in [0.717, 1.165) is 27.9 Å². The number of thiocarbonyl (C=S) groups is 2. The van der Waals surface area contributed by atoms with Crippen LogP contribution in [0.5, 0.6) is 23.0 Å². The van der Waals surface area contributed by atoms with Crippen LogP contribution < -0.4 is 38.1 Å². The Morgan fingerprint density at radius 2 is 1.17 bits per heavy atom. The predicted molar refractivity (Wildman–Crippen MR) is 203 cm³/mol. The maximum Gasteiger partial charge on any atom is 0.222 e. The highest BCUT2D eigenvalue weighted by Gasteiger charge is 2.15. The minimum atomic E-state index is -0.0556. The fourth-order valence-corrected chi connectivity index (χ4v) is 4.01. The van der Waals surface area contributed by atoms with Gasteiger partial charge in [-0.05, 0) is 54.0 Å². The summed E-state index contributed by atoms with van der Waals surface area (Å²) in [7, 11) is 0. The molecule has 2 heterocycles. The van der Waals surface area contributed by atoms with E-state index in [4.69, 9.17) is 73.6 Å². The summed E-state index contributed by atoms with van der Waals surface area (Å²) in [5.41, 5.74) is 34.1. The molecule has 0 unspecified atom stereocenters. The van der Waals surface area contributed by atoms with Gasteiger partial charge in [-0.15, -0.1) is 0 Å². The molecule has 0 aliphatic carbocycles. The fraction of sp³-hybridized carbons (Fsp3) is 0.258. The van der Waals surface area contributed by atoms with Gasteiger partial charge in [-0.25, -0.2) is 9.97 Å². The van der Waals surface area contributed by atoms with E-state index < -0.39 is 0 Å². The Bertz CT molecular complexity index is 1750. The molecule has 0 radical (unpaired) electrons. The minimum absolute atomic E-state index is 0.0556. The van der Waals surface area contributed by atoms with Crippen LogP contribution >= 0.6 is 47.6 Å². The van der Waals surface area contributed by atoms with E-state index in [-0.39, 0.29) is 33.2 Å². The van der Waals surface area contributed by atoms with Gasteiger partial charge in [0.15, 0.2) is 26.9 Å². The van der Waals surface area contributed by atoms with E-state index in [0.29, 0.717) is 34.6 Å². The third kappa shape index (κ3) is 12.1. The van der Waals surface area contributed by atoms with Crippen molar-refractivity contribution in [2.24, 2.45) is 4.99 Å². The number of hydrogen-bond donors (Lipinski definition) is 5. The first-order valence-electron chi connectivity index (χ1n) is 14.0. The van der Waals surface area contributed by atoms with Crippen molar-refractivity contribution < 1.29 is 9.47 Å². The topological polar surface area (TPSA) is 212 Å². The molecule has 0 bridgehead atoms. The van der Waals surface area contributed by atoms with Crippen molar-refractivity contribution in [3.05, 3.63) is 58.9 Å². The molecule has 4 rings (SSSR count). The first-order chi connectivity index (χ1) is 22.0. The quantitative estimate of drug-likeness (QED) is 0.0511. The normalized spacial score (nSPS) is 10.6. The molecule has 10 N–H and O–H groups in total. The van der Waals surface area contributed by atoms with Gasteiger partial charge in [-0.3, -0.25) is 4.99 Å². The van der Waals surface area contributed by atoms with Crippen molar-refractivity contribution in [1.29, 1.82) is 0 Å². The molecule has 12 nitrogen and oxygen atoms in total. The zero-order chi connectivity index (χ0) is 35.4. The number of aryl methyl sites for hydroxylation is 2. The van der Waals surface area contributed by atoms with Crippen molar-refractivity contribution in [2.45, 2.75) is 53.4 Å². The van der Waals surface area contributed by atoms with Gasteiger partial charge < -0.3 is 38.1 Å². The lowest BCUT2D eigenvalue weighted by atomic mass is 9.99. The van der Waals surface area contributed by atoms with Crippen LogP contribution in [0, 0.1) is 13.8 Å². The number of halogens is 2. The molecule has 16 heteroatoms. The Morgan fingerprint density at radius 1 is 0.745 bits per heavy atom. The molecule has 0 aliphatic heterocycles. The lowest BCUT2D eigenvalue weighted by Crippen LogP contribution is -2.03. The Kier molecular flexibility index (Phi) is 14.9. The van der Waals surface area contributed by atoms with Gasteiger partial charge >= 0.3 is 0 Å². The Labute approximate surface area is 295 Å². The number of rotatable bonds is 8. The zero-order valence-electron chi connectivity index (χ0n) is 26.8. The summed E-state index contributed by atoms with van der Waals surface area (Å²) in [6.07, 6.45) is 4.48. The fourth-order valence-electron chi connectivity index (χ4n) is 3.95. The summed E-state index contributed by atoms with van der Waals surface area (Å²) < 4.78 is 11.7. The van der Waals surface area contributed by atoms with E-state index in [1.807, 2.05) is 32.0 Å². The first kappa shape index (κ1) is 38.8. The van der Waals surface area contributed by atoms with Crippen LogP contribution in [0.15, 0.2) is 41.7 Å². The van der Waals surface area contributed by atoms with Crippen LogP contribution in [-0.4, -0.2) is 35.3 Å². The van der Waals surface area contributed by atoms with Crippen LogP contribution in [0.4, 0.5) is 34.9 Å². The van der Waals surface area contributed by atoms with Crippen LogP contribution in [0.1, 0.15) is 61.8 Å². The van der Waals surface area contributed by atoms with Crippen molar-refractivity contribution >= 4 is 97.9 Å². The number of benzene rings is 2. The third-order valence-corrected chi connectivity index (χ3v) is 6.41. The minimum Gasteiger partial charge on any atom is -0.451 e. The summed E-state index contributed by atoms with van der Waals surface area (Å²) >= 11 is 18.4. The molecular weight excluding hydrogens is 679 g/mol. The number of hydrogen-bond acceptors (Lipinski definition) is 14. The van der Waals surface area contributed by atoms with Crippen molar-refractivity contribution in [3.63, 3.8) is 0 Å². The van der Waals surface area contributed by atoms with Crippen LogP contribution in [0.3, 0.4) is 0 Å². The average Bonchev–Trinajstić information content (AvgIpc) is 2.97. The van der Waals surface area contributed by atoms with Crippen LogP contribution in [0.2, 0.25) is 0 Å². The lowest BCUT2D eigenvalue weighted by Gasteiger charge is -2.16. The molecule has 2 aromatic carbocycles. The van der Waals surface area contributed by atoms with Gasteiger partial charge in [0.05, 0.1) is 18.1 Å².